The summed E-state index contributed by atoms with van der Waals surface area (Å²) in [4.78, 5) is 0. The van der Waals surface area contributed by atoms with Crippen LogP contribution in [0.5, 0.6) is 0 Å². The van der Waals surface area contributed by atoms with E-state index in [1.54, 1.807) is 24.3 Å². The van der Waals surface area contributed by atoms with E-state index in [9.17, 15) is 35.5 Å². The van der Waals surface area contributed by atoms with Gasteiger partial charge in [-0.3, -0.25) is 0 Å². The molecular weight excluding hydrogens is 585 g/mol. The zero-order valence-electron chi connectivity index (χ0n) is 24.4. The van der Waals surface area contributed by atoms with Crippen LogP contribution in [-0.2, 0) is 23.0 Å². The summed E-state index contributed by atoms with van der Waals surface area (Å²) in [6.45, 7) is 5.29. The standard InChI is InChI=1S/C33H36F5NO3S/c1-4-5-7-25-19-31(3)26(18-28(25)22(2)23-10-12-27(34)13-11-23)15-17-32(31,40)16-14-24-8-6-9-30(35)29(24)20-39-43(41,42)21-33(36,37)38/h4,6-13,18,22,39-40H,14-17,19-21H2,1-3H3/t5?,22-,31?,32+/m1/s1. The molecule has 2 aromatic carbocycles. The highest BCUT2D eigenvalue weighted by atomic mass is 32.2. The number of hydrogen-bond acceptors (Lipinski definition) is 3. The highest BCUT2D eigenvalue weighted by Crippen LogP contribution is 2.59. The molecule has 1 saturated carbocycles. The fourth-order valence-corrected chi connectivity index (χ4v) is 7.24. The van der Waals surface area contributed by atoms with Gasteiger partial charge < -0.3 is 5.11 Å². The van der Waals surface area contributed by atoms with Crippen molar-refractivity contribution in [3.8, 4) is 0 Å². The minimum absolute atomic E-state index is 0.0350. The van der Waals surface area contributed by atoms with Crippen molar-refractivity contribution in [1.82, 2.24) is 4.72 Å². The number of hydrogen-bond donors (Lipinski definition) is 2. The summed E-state index contributed by atoms with van der Waals surface area (Å²) < 4.78 is 92.0. The third-order valence-electron chi connectivity index (χ3n) is 8.90. The average molecular weight is 622 g/mol. The number of aryl methyl sites for hydroxylation is 1. The molecule has 0 aromatic heterocycles. The summed E-state index contributed by atoms with van der Waals surface area (Å²) in [5.41, 5.74) is 5.78. The highest BCUT2D eigenvalue weighted by molar-refractivity contribution is 7.89. The lowest BCUT2D eigenvalue weighted by molar-refractivity contribution is -0.106. The molecule has 0 bridgehead atoms. The first-order valence-corrected chi connectivity index (χ1v) is 15.8. The molecule has 0 heterocycles. The van der Waals surface area contributed by atoms with E-state index in [-0.39, 0.29) is 30.1 Å². The fourth-order valence-electron chi connectivity index (χ4n) is 6.34. The zero-order valence-corrected chi connectivity index (χ0v) is 25.2. The van der Waals surface area contributed by atoms with Crippen LogP contribution in [0.1, 0.15) is 69.1 Å². The molecule has 10 heteroatoms. The Morgan fingerprint density at radius 3 is 2.49 bits per heavy atom. The van der Waals surface area contributed by atoms with Crippen LogP contribution in [0.15, 0.2) is 83.1 Å². The van der Waals surface area contributed by atoms with Crippen LogP contribution < -0.4 is 4.72 Å². The van der Waals surface area contributed by atoms with E-state index in [0.717, 1.165) is 28.3 Å². The van der Waals surface area contributed by atoms with E-state index in [2.05, 4.69) is 18.7 Å². The van der Waals surface area contributed by atoms with Gasteiger partial charge in [0.05, 0.1) is 5.60 Å². The van der Waals surface area contributed by atoms with Gasteiger partial charge >= 0.3 is 6.18 Å². The molecule has 0 saturated heterocycles. The Balaban J connectivity index is 1.59. The van der Waals surface area contributed by atoms with E-state index < -0.39 is 45.3 Å². The second kappa shape index (κ2) is 12.5. The van der Waals surface area contributed by atoms with Gasteiger partial charge in [0, 0.05) is 23.4 Å². The van der Waals surface area contributed by atoms with Crippen molar-refractivity contribution in [2.75, 3.05) is 5.75 Å². The summed E-state index contributed by atoms with van der Waals surface area (Å²) in [5, 5.41) is 12.1. The lowest BCUT2D eigenvalue weighted by atomic mass is 9.63. The van der Waals surface area contributed by atoms with Crippen molar-refractivity contribution in [2.45, 2.75) is 77.1 Å². The van der Waals surface area contributed by atoms with E-state index in [1.807, 2.05) is 24.6 Å². The Kier molecular flexibility index (Phi) is 9.57. The van der Waals surface area contributed by atoms with Crippen LogP contribution in [0.25, 0.3) is 0 Å². The number of rotatable bonds is 10. The summed E-state index contributed by atoms with van der Waals surface area (Å²) in [7, 11) is -4.72. The summed E-state index contributed by atoms with van der Waals surface area (Å²) in [5.74, 6) is -3.14. The topological polar surface area (TPSA) is 66.4 Å². The third-order valence-corrected chi connectivity index (χ3v) is 10.2. The largest absolute Gasteiger partial charge is 0.404 e. The first kappa shape index (κ1) is 32.9. The van der Waals surface area contributed by atoms with Crippen molar-refractivity contribution in [1.29, 1.82) is 0 Å². The molecule has 0 spiro atoms. The highest BCUT2D eigenvalue weighted by Gasteiger charge is 2.54. The molecule has 2 aromatic rings. The van der Waals surface area contributed by atoms with Crippen LogP contribution in [0.2, 0.25) is 0 Å². The Hall–Kier alpha value is -3.04. The van der Waals surface area contributed by atoms with Gasteiger partial charge in [-0.05, 0) is 91.7 Å². The maximum Gasteiger partial charge on any atom is 0.404 e. The Bertz CT molecular complexity index is 1590. The summed E-state index contributed by atoms with van der Waals surface area (Å²) in [6.07, 6.45) is 2.94. The molecule has 4 rings (SSSR count). The number of fused-ring (bicyclic) bond motifs is 1. The van der Waals surface area contributed by atoms with E-state index in [1.165, 1.54) is 18.2 Å². The van der Waals surface area contributed by atoms with Crippen molar-refractivity contribution in [3.05, 3.63) is 111 Å². The Morgan fingerprint density at radius 1 is 1.14 bits per heavy atom. The van der Waals surface area contributed by atoms with Crippen LogP contribution in [0, 0.1) is 17.0 Å². The number of nitrogens with one attached hydrogen (secondary N) is 1. The van der Waals surface area contributed by atoms with Crippen molar-refractivity contribution in [3.63, 3.8) is 0 Å². The smallest absolute Gasteiger partial charge is 0.389 e. The van der Waals surface area contributed by atoms with Crippen molar-refractivity contribution in [2.24, 2.45) is 5.41 Å². The van der Waals surface area contributed by atoms with Crippen LogP contribution >= 0.6 is 0 Å². The van der Waals surface area contributed by atoms with E-state index >= 15 is 0 Å². The van der Waals surface area contributed by atoms with E-state index in [0.29, 0.717) is 24.8 Å². The molecule has 0 aliphatic heterocycles. The van der Waals surface area contributed by atoms with Gasteiger partial charge in [-0.25, -0.2) is 21.9 Å². The lowest BCUT2D eigenvalue weighted by Crippen LogP contribution is -2.44. The molecule has 232 valence electrons. The Labute approximate surface area is 249 Å². The molecular formula is C33H36F5NO3S. The van der Waals surface area contributed by atoms with Crippen molar-refractivity contribution < 1.29 is 35.5 Å². The zero-order chi connectivity index (χ0) is 31.6. The number of allylic oxidation sites excluding steroid dienone is 4. The van der Waals surface area contributed by atoms with Gasteiger partial charge in [0.15, 0.2) is 5.75 Å². The van der Waals surface area contributed by atoms with Crippen molar-refractivity contribution >= 4 is 10.0 Å². The third kappa shape index (κ3) is 7.37. The monoisotopic (exact) mass is 621 g/mol. The minimum atomic E-state index is -4.93. The van der Waals surface area contributed by atoms with Gasteiger partial charge in [-0.15, -0.1) is 5.73 Å². The van der Waals surface area contributed by atoms with Gasteiger partial charge in [0.1, 0.15) is 11.6 Å². The number of alkyl halides is 3. The first-order valence-electron chi connectivity index (χ1n) is 14.2. The molecule has 43 heavy (non-hydrogen) atoms. The normalized spacial score (nSPS) is 23.0. The molecule has 0 amide bonds. The van der Waals surface area contributed by atoms with Gasteiger partial charge in [-0.2, -0.15) is 13.2 Å². The van der Waals surface area contributed by atoms with Gasteiger partial charge in [0.25, 0.3) is 0 Å². The summed E-state index contributed by atoms with van der Waals surface area (Å²) in [6, 6.07) is 10.6. The number of benzene rings is 2. The number of sulfonamides is 1. The molecule has 0 radical (unpaired) electrons. The van der Waals surface area contributed by atoms with Gasteiger partial charge in [0.2, 0.25) is 10.0 Å². The first-order chi connectivity index (χ1) is 20.1. The number of aliphatic hydroxyl groups is 1. The molecule has 4 nitrogen and oxygen atoms in total. The molecule has 2 aliphatic rings. The predicted octanol–water partition coefficient (Wildman–Crippen LogP) is 7.57. The van der Waals surface area contributed by atoms with Gasteiger partial charge in [-0.1, -0.05) is 49.8 Å². The molecule has 2 aliphatic carbocycles. The fraction of sp³-hybridized carbons (Fsp3) is 0.424. The molecule has 1 fully saturated rings. The van der Waals surface area contributed by atoms with E-state index in [4.69, 9.17) is 0 Å². The SMILES string of the molecule is CC=C=CC1=C([C@H](C)c2ccc(F)cc2)C=C2CC[C@@](O)(CCc3cccc(F)c3CNS(=O)(=O)CC(F)(F)F)C2(C)C1. The number of halogens is 5. The second-order valence-electron chi connectivity index (χ2n) is 11.6. The quantitative estimate of drug-likeness (QED) is 0.213. The van der Waals surface area contributed by atoms with Crippen LogP contribution in [0.4, 0.5) is 22.0 Å². The molecule has 2 N–H and O–H groups in total. The molecule has 1 unspecified atom stereocenters. The molecule has 3 atom stereocenters. The lowest BCUT2D eigenvalue weighted by Gasteiger charge is -2.44. The maximum absolute atomic E-state index is 14.8. The minimum Gasteiger partial charge on any atom is -0.389 e. The van der Waals surface area contributed by atoms with Crippen LogP contribution in [0.3, 0.4) is 0 Å². The second-order valence-corrected chi connectivity index (χ2v) is 13.4. The predicted molar refractivity (Wildman–Crippen MR) is 157 cm³/mol. The van der Waals surface area contributed by atoms with Crippen LogP contribution in [-0.4, -0.2) is 31.1 Å². The Morgan fingerprint density at radius 2 is 1.84 bits per heavy atom. The summed E-state index contributed by atoms with van der Waals surface area (Å²) >= 11 is 0. The maximum atomic E-state index is 14.8. The average Bonchev–Trinajstić information content (AvgIpc) is 3.17.